The third-order valence-corrected chi connectivity index (χ3v) is 5.09. The highest BCUT2D eigenvalue weighted by Gasteiger charge is 2.22. The van der Waals surface area contributed by atoms with Crippen molar-refractivity contribution >= 4 is 25.7 Å². The number of anilines is 1. The summed E-state index contributed by atoms with van der Waals surface area (Å²) < 4.78 is 48.3. The van der Waals surface area contributed by atoms with Crippen LogP contribution < -0.4 is 9.86 Å². The SMILES string of the molecule is Cc1c(NS(=O)(=O)C(C)C#N)cccc1S(N)(=O)=O. The number of nitriles is 1. The maximum Gasteiger partial charge on any atom is 0.248 e. The maximum absolute atomic E-state index is 11.7. The van der Waals surface area contributed by atoms with E-state index in [2.05, 4.69) is 4.72 Å². The highest BCUT2D eigenvalue weighted by molar-refractivity contribution is 7.93. The normalized spacial score (nSPS) is 13.6. The number of nitrogens with two attached hydrogens (primary N) is 1. The van der Waals surface area contributed by atoms with Gasteiger partial charge in [0.2, 0.25) is 20.0 Å². The minimum Gasteiger partial charge on any atom is -0.282 e. The van der Waals surface area contributed by atoms with E-state index in [1.807, 2.05) is 0 Å². The summed E-state index contributed by atoms with van der Waals surface area (Å²) >= 11 is 0. The summed E-state index contributed by atoms with van der Waals surface area (Å²) in [5.41, 5.74) is 0.257. The van der Waals surface area contributed by atoms with Crippen LogP contribution in [0, 0.1) is 18.3 Å². The van der Waals surface area contributed by atoms with Gasteiger partial charge in [-0.15, -0.1) is 0 Å². The van der Waals surface area contributed by atoms with Crippen molar-refractivity contribution in [1.82, 2.24) is 0 Å². The zero-order valence-electron chi connectivity index (χ0n) is 10.3. The van der Waals surface area contributed by atoms with E-state index in [-0.39, 0.29) is 16.1 Å². The molecule has 0 saturated carbocycles. The summed E-state index contributed by atoms with van der Waals surface area (Å²) in [6.07, 6.45) is 0. The van der Waals surface area contributed by atoms with Gasteiger partial charge in [-0.25, -0.2) is 22.0 Å². The Kier molecular flexibility index (Phi) is 4.19. The molecule has 9 heteroatoms. The number of hydrogen-bond donors (Lipinski definition) is 2. The van der Waals surface area contributed by atoms with Gasteiger partial charge in [-0.3, -0.25) is 4.72 Å². The van der Waals surface area contributed by atoms with Gasteiger partial charge < -0.3 is 0 Å². The summed E-state index contributed by atoms with van der Waals surface area (Å²) in [6, 6.07) is 5.63. The van der Waals surface area contributed by atoms with Crippen LogP contribution in [0.3, 0.4) is 0 Å². The number of rotatable bonds is 4. The summed E-state index contributed by atoms with van der Waals surface area (Å²) in [4.78, 5) is -0.169. The van der Waals surface area contributed by atoms with Crippen LogP contribution in [0.5, 0.6) is 0 Å². The molecule has 3 N–H and O–H groups in total. The zero-order chi connectivity index (χ0) is 14.8. The van der Waals surface area contributed by atoms with Crippen molar-refractivity contribution in [2.24, 2.45) is 5.14 Å². The van der Waals surface area contributed by atoms with E-state index in [9.17, 15) is 16.8 Å². The quantitative estimate of drug-likeness (QED) is 0.825. The Morgan fingerprint density at radius 2 is 1.89 bits per heavy atom. The molecule has 1 unspecified atom stereocenters. The fraction of sp³-hybridized carbons (Fsp3) is 0.300. The largest absolute Gasteiger partial charge is 0.282 e. The molecule has 104 valence electrons. The monoisotopic (exact) mass is 303 g/mol. The lowest BCUT2D eigenvalue weighted by molar-refractivity contribution is 0.594. The molecule has 0 bridgehead atoms. The second-order valence-electron chi connectivity index (χ2n) is 3.89. The first kappa shape index (κ1) is 15.4. The number of sulfonamides is 2. The molecule has 0 fully saturated rings. The predicted octanol–water partition coefficient (Wildman–Crippen LogP) is 0.296. The maximum atomic E-state index is 11.7. The van der Waals surface area contributed by atoms with Gasteiger partial charge in [-0.1, -0.05) is 6.07 Å². The molecular weight excluding hydrogens is 290 g/mol. The van der Waals surface area contributed by atoms with Crippen molar-refractivity contribution in [2.75, 3.05) is 4.72 Å². The first-order valence-electron chi connectivity index (χ1n) is 5.13. The van der Waals surface area contributed by atoms with Gasteiger partial charge in [0.25, 0.3) is 0 Å². The van der Waals surface area contributed by atoms with E-state index in [0.29, 0.717) is 0 Å². The van der Waals surface area contributed by atoms with Gasteiger partial charge in [-0.05, 0) is 31.5 Å². The Morgan fingerprint density at radius 1 is 1.32 bits per heavy atom. The van der Waals surface area contributed by atoms with Crippen LogP contribution in [0.4, 0.5) is 5.69 Å². The average molecular weight is 303 g/mol. The van der Waals surface area contributed by atoms with Gasteiger partial charge in [0.1, 0.15) is 0 Å². The first-order valence-corrected chi connectivity index (χ1v) is 8.22. The first-order chi connectivity index (χ1) is 8.59. The van der Waals surface area contributed by atoms with Crippen LogP contribution in [0.15, 0.2) is 23.1 Å². The van der Waals surface area contributed by atoms with Crippen molar-refractivity contribution in [1.29, 1.82) is 5.26 Å². The molecule has 0 heterocycles. The van der Waals surface area contributed by atoms with Crippen molar-refractivity contribution < 1.29 is 16.8 Å². The molecule has 0 aliphatic heterocycles. The number of primary sulfonamides is 1. The highest BCUT2D eigenvalue weighted by Crippen LogP contribution is 2.23. The lowest BCUT2D eigenvalue weighted by Crippen LogP contribution is -2.24. The number of nitrogens with one attached hydrogen (secondary N) is 1. The number of benzene rings is 1. The molecule has 1 atom stereocenters. The van der Waals surface area contributed by atoms with Gasteiger partial charge in [0.05, 0.1) is 16.7 Å². The van der Waals surface area contributed by atoms with Crippen LogP contribution in [-0.2, 0) is 20.0 Å². The Labute approximate surface area is 112 Å². The lowest BCUT2D eigenvalue weighted by atomic mass is 10.2. The van der Waals surface area contributed by atoms with Crippen LogP contribution >= 0.6 is 0 Å². The molecule has 0 aliphatic carbocycles. The van der Waals surface area contributed by atoms with Crippen LogP contribution in [0.2, 0.25) is 0 Å². The molecule has 0 radical (unpaired) electrons. The average Bonchev–Trinajstić information content (AvgIpc) is 2.29. The predicted molar refractivity (Wildman–Crippen MR) is 70.2 cm³/mol. The van der Waals surface area contributed by atoms with Crippen molar-refractivity contribution in [2.45, 2.75) is 24.0 Å². The molecule has 0 aromatic heterocycles. The number of nitrogens with zero attached hydrogens (tertiary/aromatic N) is 1. The molecule has 0 saturated heterocycles. The van der Waals surface area contributed by atoms with Crippen LogP contribution in [0.25, 0.3) is 0 Å². The van der Waals surface area contributed by atoms with E-state index in [0.717, 1.165) is 0 Å². The molecule has 7 nitrogen and oxygen atoms in total. The zero-order valence-corrected chi connectivity index (χ0v) is 11.9. The molecule has 1 aromatic rings. The van der Waals surface area contributed by atoms with E-state index in [4.69, 9.17) is 10.4 Å². The minimum atomic E-state index is -3.94. The number of hydrogen-bond acceptors (Lipinski definition) is 5. The van der Waals surface area contributed by atoms with Gasteiger partial charge >= 0.3 is 0 Å². The Balaban J connectivity index is 3.30. The Hall–Kier alpha value is -1.63. The van der Waals surface area contributed by atoms with E-state index < -0.39 is 25.3 Å². The molecular formula is C10H13N3O4S2. The fourth-order valence-corrected chi connectivity index (χ4v) is 2.99. The Bertz CT molecular complexity index is 733. The van der Waals surface area contributed by atoms with Crippen LogP contribution in [-0.4, -0.2) is 22.1 Å². The van der Waals surface area contributed by atoms with Crippen molar-refractivity contribution in [3.63, 3.8) is 0 Å². The molecule has 1 aromatic carbocycles. The summed E-state index contributed by atoms with van der Waals surface area (Å²) in [5, 5.41) is 12.4. The van der Waals surface area contributed by atoms with E-state index in [1.54, 1.807) is 6.07 Å². The molecule has 0 aliphatic rings. The summed E-state index contributed by atoms with van der Waals surface area (Å²) in [5.74, 6) is 0. The molecule has 19 heavy (non-hydrogen) atoms. The third kappa shape index (κ3) is 3.44. The third-order valence-electron chi connectivity index (χ3n) is 2.49. The molecule has 0 spiro atoms. The van der Waals surface area contributed by atoms with Gasteiger partial charge in [0.15, 0.2) is 5.25 Å². The Morgan fingerprint density at radius 3 is 2.37 bits per heavy atom. The van der Waals surface area contributed by atoms with E-state index in [1.165, 1.54) is 32.0 Å². The summed E-state index contributed by atoms with van der Waals surface area (Å²) in [6.45, 7) is 2.65. The fourth-order valence-electron chi connectivity index (χ4n) is 1.34. The smallest absolute Gasteiger partial charge is 0.248 e. The van der Waals surface area contributed by atoms with Gasteiger partial charge in [0, 0.05) is 0 Å². The highest BCUT2D eigenvalue weighted by atomic mass is 32.2. The van der Waals surface area contributed by atoms with Crippen molar-refractivity contribution in [3.05, 3.63) is 23.8 Å². The van der Waals surface area contributed by atoms with Gasteiger partial charge in [-0.2, -0.15) is 5.26 Å². The van der Waals surface area contributed by atoms with E-state index >= 15 is 0 Å². The lowest BCUT2D eigenvalue weighted by Gasteiger charge is -2.13. The van der Waals surface area contributed by atoms with Crippen LogP contribution in [0.1, 0.15) is 12.5 Å². The second kappa shape index (κ2) is 5.16. The molecule has 0 amide bonds. The summed E-state index contributed by atoms with van der Waals surface area (Å²) in [7, 11) is -7.83. The molecule has 1 rings (SSSR count). The second-order valence-corrected chi connectivity index (χ2v) is 7.42. The standard InChI is InChI=1S/C10H13N3O4S2/c1-7(6-11)19(16,17)13-9-4-3-5-10(8(9)2)18(12,14)15/h3-5,7,13H,1-2H3,(H2,12,14,15). The minimum absolute atomic E-state index is 0.0774. The van der Waals surface area contributed by atoms with Crippen molar-refractivity contribution in [3.8, 4) is 6.07 Å². The topological polar surface area (TPSA) is 130 Å².